The van der Waals surface area contributed by atoms with E-state index in [-0.39, 0.29) is 54.6 Å². The van der Waals surface area contributed by atoms with Gasteiger partial charge in [-0.1, -0.05) is 20.8 Å². The summed E-state index contributed by atoms with van der Waals surface area (Å²) in [6.45, 7) is 6.63. The molecular weight excluding hydrogens is 591 g/mol. The van der Waals surface area contributed by atoms with E-state index in [1.165, 1.54) is 19.2 Å². The van der Waals surface area contributed by atoms with Crippen molar-refractivity contribution in [3.05, 3.63) is 39.9 Å². The van der Waals surface area contributed by atoms with Crippen molar-refractivity contribution in [1.82, 2.24) is 25.2 Å². The number of hydrogen-bond donors (Lipinski definition) is 2. The highest BCUT2D eigenvalue weighted by Crippen LogP contribution is 2.35. The zero-order valence-corrected chi connectivity index (χ0v) is 25.4. The number of halogens is 3. The Morgan fingerprint density at radius 1 is 1.14 bits per heavy atom. The number of carboxylic acid groups (broad SMARTS) is 1. The largest absolute Gasteiger partial charge is 0.481 e. The van der Waals surface area contributed by atoms with Gasteiger partial charge in [-0.25, -0.2) is 15.0 Å². The van der Waals surface area contributed by atoms with Gasteiger partial charge in [0.05, 0.1) is 11.5 Å². The van der Waals surface area contributed by atoms with Crippen molar-refractivity contribution in [2.75, 3.05) is 7.05 Å². The molecule has 3 rings (SSSR count). The van der Waals surface area contributed by atoms with Crippen LogP contribution in [0.4, 0.5) is 13.2 Å². The van der Waals surface area contributed by atoms with Gasteiger partial charge in [-0.2, -0.15) is 13.2 Å². The van der Waals surface area contributed by atoms with Crippen LogP contribution in [0, 0.1) is 17.8 Å². The average Bonchev–Trinajstić information content (AvgIpc) is 3.65. The minimum atomic E-state index is -4.62. The van der Waals surface area contributed by atoms with E-state index in [0.717, 1.165) is 24.2 Å². The van der Waals surface area contributed by atoms with Crippen molar-refractivity contribution in [2.45, 2.75) is 84.2 Å². The van der Waals surface area contributed by atoms with Crippen LogP contribution in [-0.2, 0) is 31.7 Å². The molecule has 0 saturated heterocycles. The van der Waals surface area contributed by atoms with Gasteiger partial charge in [-0.3, -0.25) is 19.2 Å². The van der Waals surface area contributed by atoms with Gasteiger partial charge in [0, 0.05) is 62.6 Å². The van der Waals surface area contributed by atoms with Crippen molar-refractivity contribution in [2.24, 2.45) is 17.8 Å². The van der Waals surface area contributed by atoms with E-state index in [2.05, 4.69) is 20.3 Å². The van der Waals surface area contributed by atoms with E-state index in [1.54, 1.807) is 11.9 Å². The molecule has 11 nitrogen and oxygen atoms in total. The van der Waals surface area contributed by atoms with E-state index >= 15 is 0 Å². The highest BCUT2D eigenvalue weighted by molar-refractivity contribution is 7.09. The van der Waals surface area contributed by atoms with E-state index in [4.69, 9.17) is 4.74 Å². The summed E-state index contributed by atoms with van der Waals surface area (Å²) in [5.41, 5.74) is -1.04. The first-order chi connectivity index (χ1) is 20.1. The molecule has 15 heteroatoms. The molecule has 0 aromatic carbocycles. The van der Waals surface area contributed by atoms with Gasteiger partial charge < -0.3 is 20.1 Å². The standard InChI is InChI=1S/C28H36F3N5O6S/c1-14(2)21(36(5)26(39)17-6-7-17)10-22(42-16(4)37)25-35-20(13-43-25)24(38)34-19(8-15(3)27(40)41)9-23-32-11-18(12-33-23)28(29,30)31/h11-15,17,19,21-22H,6-10H2,1-5H3,(H,34,38)(H,40,41)/t15?,19-,21?,22?/m1/s1. The second-order valence-corrected chi connectivity index (χ2v) is 12.1. The topological polar surface area (TPSA) is 152 Å². The van der Waals surface area contributed by atoms with Gasteiger partial charge in [-0.05, 0) is 25.2 Å². The van der Waals surface area contributed by atoms with Crippen LogP contribution in [0.2, 0.25) is 0 Å². The van der Waals surface area contributed by atoms with Crippen LogP contribution in [0.15, 0.2) is 17.8 Å². The number of carboxylic acids is 1. The molecule has 1 fully saturated rings. The molecule has 1 aliphatic rings. The molecule has 3 unspecified atom stereocenters. The Hall–Kier alpha value is -3.62. The Morgan fingerprint density at radius 2 is 1.77 bits per heavy atom. The number of thiazole rings is 1. The van der Waals surface area contributed by atoms with E-state index < -0.39 is 47.6 Å². The summed E-state index contributed by atoms with van der Waals surface area (Å²) in [5, 5.41) is 13.9. The zero-order valence-electron chi connectivity index (χ0n) is 24.6. The normalized spacial score (nSPS) is 16.2. The van der Waals surface area contributed by atoms with Crippen LogP contribution in [-0.4, -0.2) is 67.8 Å². The number of aromatic nitrogens is 3. The summed E-state index contributed by atoms with van der Waals surface area (Å²) in [5.74, 6) is -3.12. The molecule has 2 amide bonds. The quantitative estimate of drug-likeness (QED) is 0.292. The lowest BCUT2D eigenvalue weighted by Crippen LogP contribution is -2.42. The SMILES string of the molecule is CC(=O)OC(CC(C(C)C)N(C)C(=O)C1CC1)c1nc(C(=O)N[C@@H](Cc2ncc(C(F)(F)F)cn2)CC(C)C(=O)O)cs1. The van der Waals surface area contributed by atoms with Crippen LogP contribution in [0.1, 0.15) is 86.4 Å². The highest BCUT2D eigenvalue weighted by Gasteiger charge is 2.37. The van der Waals surface area contributed by atoms with Gasteiger partial charge in [0.25, 0.3) is 5.91 Å². The van der Waals surface area contributed by atoms with Crippen LogP contribution in [0.3, 0.4) is 0 Å². The van der Waals surface area contributed by atoms with Crippen LogP contribution in [0.5, 0.6) is 0 Å². The molecule has 2 heterocycles. The molecule has 0 bridgehead atoms. The monoisotopic (exact) mass is 627 g/mol. The molecular formula is C28H36F3N5O6S. The highest BCUT2D eigenvalue weighted by atomic mass is 32.1. The van der Waals surface area contributed by atoms with Crippen LogP contribution < -0.4 is 5.32 Å². The number of carbonyl (C=O) groups excluding carboxylic acids is 3. The smallest absolute Gasteiger partial charge is 0.419 e. The fraction of sp³-hybridized carbons (Fsp3) is 0.607. The van der Waals surface area contributed by atoms with E-state index in [1.807, 2.05) is 13.8 Å². The van der Waals surface area contributed by atoms with Crippen molar-refractivity contribution in [3.63, 3.8) is 0 Å². The molecule has 4 atom stereocenters. The first kappa shape index (κ1) is 33.9. The maximum atomic E-state index is 13.2. The second-order valence-electron chi connectivity index (χ2n) is 11.2. The Morgan fingerprint density at radius 3 is 2.28 bits per heavy atom. The lowest BCUT2D eigenvalue weighted by Gasteiger charge is -2.33. The Kier molecular flexibility index (Phi) is 11.2. The molecule has 1 saturated carbocycles. The Bertz CT molecular complexity index is 1300. The van der Waals surface area contributed by atoms with Crippen LogP contribution in [0.25, 0.3) is 0 Å². The fourth-order valence-corrected chi connectivity index (χ4v) is 5.46. The minimum Gasteiger partial charge on any atom is -0.481 e. The molecule has 0 spiro atoms. The molecule has 2 aromatic rings. The van der Waals surface area contributed by atoms with Crippen molar-refractivity contribution >= 4 is 35.1 Å². The number of esters is 1. The molecule has 0 radical (unpaired) electrons. The number of alkyl halides is 3. The zero-order chi connectivity index (χ0) is 32.1. The van der Waals surface area contributed by atoms with Crippen molar-refractivity contribution in [3.8, 4) is 0 Å². The second kappa shape index (κ2) is 14.2. The lowest BCUT2D eigenvalue weighted by atomic mass is 9.96. The number of carbonyl (C=O) groups is 4. The first-order valence-electron chi connectivity index (χ1n) is 13.9. The molecule has 236 valence electrons. The van der Waals surface area contributed by atoms with Gasteiger partial charge in [0.2, 0.25) is 5.91 Å². The number of ether oxygens (including phenoxy) is 1. The van der Waals surface area contributed by atoms with E-state index in [0.29, 0.717) is 17.4 Å². The third-order valence-electron chi connectivity index (χ3n) is 7.19. The molecule has 43 heavy (non-hydrogen) atoms. The average molecular weight is 628 g/mol. The number of amides is 2. The molecule has 1 aliphatic carbocycles. The summed E-state index contributed by atoms with van der Waals surface area (Å²) in [7, 11) is 1.73. The predicted octanol–water partition coefficient (Wildman–Crippen LogP) is 4.29. The summed E-state index contributed by atoms with van der Waals surface area (Å²) in [6, 6.07) is -1.10. The lowest BCUT2D eigenvalue weighted by molar-refractivity contribution is -0.148. The molecule has 0 aliphatic heterocycles. The third-order valence-corrected chi connectivity index (χ3v) is 8.13. The third kappa shape index (κ3) is 9.70. The van der Waals surface area contributed by atoms with Gasteiger partial charge >= 0.3 is 18.1 Å². The Balaban J connectivity index is 1.78. The van der Waals surface area contributed by atoms with Crippen LogP contribution >= 0.6 is 11.3 Å². The van der Waals surface area contributed by atoms with Gasteiger partial charge in [0.1, 0.15) is 16.5 Å². The predicted molar refractivity (Wildman–Crippen MR) is 149 cm³/mol. The number of aliphatic carboxylic acids is 1. The van der Waals surface area contributed by atoms with Gasteiger partial charge in [-0.15, -0.1) is 11.3 Å². The molecule has 2 aromatic heterocycles. The summed E-state index contributed by atoms with van der Waals surface area (Å²) >= 11 is 1.10. The first-order valence-corrected chi connectivity index (χ1v) is 14.8. The molecule has 2 N–H and O–H groups in total. The van der Waals surface area contributed by atoms with Crippen molar-refractivity contribution < 1.29 is 42.2 Å². The Labute approximate surface area is 251 Å². The fourth-order valence-electron chi connectivity index (χ4n) is 4.63. The summed E-state index contributed by atoms with van der Waals surface area (Å²) in [4.78, 5) is 62.9. The number of nitrogens with zero attached hydrogens (tertiary/aromatic N) is 4. The summed E-state index contributed by atoms with van der Waals surface area (Å²) < 4.78 is 44.3. The maximum absolute atomic E-state index is 13.2. The number of hydrogen-bond acceptors (Lipinski definition) is 9. The minimum absolute atomic E-state index is 0.00521. The van der Waals surface area contributed by atoms with Gasteiger partial charge in [0.15, 0.2) is 6.10 Å². The van der Waals surface area contributed by atoms with Crippen molar-refractivity contribution in [1.29, 1.82) is 0 Å². The number of nitrogens with one attached hydrogen (secondary N) is 1. The maximum Gasteiger partial charge on any atom is 0.419 e. The number of rotatable bonds is 14. The summed E-state index contributed by atoms with van der Waals surface area (Å²) in [6.07, 6.45) is -2.38. The van der Waals surface area contributed by atoms with E-state index in [9.17, 15) is 37.5 Å².